The van der Waals surface area contributed by atoms with Crippen LogP contribution >= 0.6 is 0 Å². The Balaban J connectivity index is 1.46. The predicted octanol–water partition coefficient (Wildman–Crippen LogP) is 2.57. The van der Waals surface area contributed by atoms with Crippen molar-refractivity contribution >= 4 is 22.6 Å². The highest BCUT2D eigenvalue weighted by Crippen LogP contribution is 2.28. The van der Waals surface area contributed by atoms with Crippen molar-refractivity contribution < 1.29 is 4.79 Å². The number of hydrogen-bond acceptors (Lipinski definition) is 5. The summed E-state index contributed by atoms with van der Waals surface area (Å²) in [7, 11) is 3.13. The van der Waals surface area contributed by atoms with Crippen LogP contribution in [0.15, 0.2) is 70.3 Å². The van der Waals surface area contributed by atoms with Crippen molar-refractivity contribution in [1.82, 2.24) is 19.0 Å². The number of anilines is 1. The number of carbonyl (C=O) groups excluding carboxylic acids is 1. The fourth-order valence-electron chi connectivity index (χ4n) is 4.66. The van der Waals surface area contributed by atoms with E-state index in [2.05, 4.69) is 0 Å². The Morgan fingerprint density at radius 3 is 2.29 bits per heavy atom. The molecule has 0 aliphatic carbocycles. The van der Waals surface area contributed by atoms with Crippen LogP contribution in [-0.4, -0.2) is 51.1 Å². The molecule has 4 aromatic rings. The van der Waals surface area contributed by atoms with E-state index < -0.39 is 0 Å². The number of hydrogen-bond donors (Lipinski definition) is 0. The van der Waals surface area contributed by atoms with Gasteiger partial charge in [0.15, 0.2) is 0 Å². The third-order valence-electron chi connectivity index (χ3n) is 6.73. The van der Waals surface area contributed by atoms with Crippen molar-refractivity contribution in [2.24, 2.45) is 14.1 Å². The lowest BCUT2D eigenvalue weighted by Gasteiger charge is -2.36. The number of carbonyl (C=O) groups is 1. The van der Waals surface area contributed by atoms with Gasteiger partial charge in [0.1, 0.15) is 5.82 Å². The minimum atomic E-state index is -0.363. The number of para-hydroxylation sites is 1. The predicted molar refractivity (Wildman–Crippen MR) is 137 cm³/mol. The molecule has 2 aromatic heterocycles. The topological polar surface area (TPSA) is 80.4 Å². The van der Waals surface area contributed by atoms with Gasteiger partial charge in [0.05, 0.1) is 16.8 Å². The quantitative estimate of drug-likeness (QED) is 0.461. The van der Waals surface area contributed by atoms with Gasteiger partial charge in [-0.15, -0.1) is 0 Å². The molecular formula is C27H27N5O3. The molecule has 35 heavy (non-hydrogen) atoms. The van der Waals surface area contributed by atoms with E-state index in [1.54, 1.807) is 7.05 Å². The van der Waals surface area contributed by atoms with E-state index in [1.807, 2.05) is 71.3 Å². The Morgan fingerprint density at radius 2 is 1.57 bits per heavy atom. The number of fused-ring (bicyclic) bond motifs is 1. The molecule has 5 rings (SSSR count). The number of amides is 1. The van der Waals surface area contributed by atoms with E-state index in [0.29, 0.717) is 37.6 Å². The minimum absolute atomic E-state index is 0.0438. The van der Waals surface area contributed by atoms with Gasteiger partial charge in [0.2, 0.25) is 0 Å². The van der Waals surface area contributed by atoms with Gasteiger partial charge in [0.25, 0.3) is 11.5 Å². The summed E-state index contributed by atoms with van der Waals surface area (Å²) in [5.41, 5.74) is 3.50. The summed E-state index contributed by atoms with van der Waals surface area (Å²) in [6.07, 6.45) is 0. The fraction of sp³-hybridized carbons (Fsp3) is 0.259. The van der Waals surface area contributed by atoms with Crippen molar-refractivity contribution in [3.63, 3.8) is 0 Å². The number of benzene rings is 2. The number of pyridine rings is 1. The minimum Gasteiger partial charge on any atom is -0.354 e. The molecule has 1 aliphatic heterocycles. The van der Waals surface area contributed by atoms with E-state index in [-0.39, 0.29) is 17.2 Å². The molecule has 1 fully saturated rings. The van der Waals surface area contributed by atoms with E-state index in [0.717, 1.165) is 32.3 Å². The molecule has 8 heteroatoms. The van der Waals surface area contributed by atoms with Gasteiger partial charge in [0, 0.05) is 57.3 Å². The van der Waals surface area contributed by atoms with Crippen LogP contribution in [-0.2, 0) is 14.1 Å². The number of aryl methyl sites for hydroxylation is 1. The molecule has 0 unspecified atom stereocenters. The van der Waals surface area contributed by atoms with Crippen LogP contribution in [0.2, 0.25) is 0 Å². The van der Waals surface area contributed by atoms with Crippen molar-refractivity contribution in [2.45, 2.75) is 6.92 Å². The average molecular weight is 470 g/mol. The molecule has 0 bridgehead atoms. The van der Waals surface area contributed by atoms with Crippen LogP contribution in [0.4, 0.5) is 5.82 Å². The van der Waals surface area contributed by atoms with Gasteiger partial charge in [-0.2, -0.15) is 0 Å². The highest BCUT2D eigenvalue weighted by atomic mass is 16.2. The molecule has 0 N–H and O–H groups in total. The number of rotatable bonds is 3. The summed E-state index contributed by atoms with van der Waals surface area (Å²) < 4.78 is 2.56. The largest absolute Gasteiger partial charge is 0.354 e. The maximum Gasteiger partial charge on any atom is 0.332 e. The fourth-order valence-corrected chi connectivity index (χ4v) is 4.66. The molecule has 3 heterocycles. The first-order chi connectivity index (χ1) is 16.8. The molecule has 1 amide bonds. The van der Waals surface area contributed by atoms with Crippen molar-refractivity contribution in [1.29, 1.82) is 0 Å². The lowest BCUT2D eigenvalue weighted by molar-refractivity contribution is 0.0748. The van der Waals surface area contributed by atoms with Crippen LogP contribution in [0.1, 0.15) is 15.9 Å². The van der Waals surface area contributed by atoms with Crippen molar-refractivity contribution in [3.8, 4) is 11.3 Å². The van der Waals surface area contributed by atoms with Gasteiger partial charge in [-0.05, 0) is 18.6 Å². The van der Waals surface area contributed by atoms with Crippen LogP contribution in [0, 0.1) is 6.92 Å². The summed E-state index contributed by atoms with van der Waals surface area (Å²) in [5, 5.41) is 0.839. The van der Waals surface area contributed by atoms with Crippen LogP contribution < -0.4 is 16.1 Å². The zero-order valence-electron chi connectivity index (χ0n) is 20.1. The molecule has 0 spiro atoms. The summed E-state index contributed by atoms with van der Waals surface area (Å²) in [6, 6.07) is 19.1. The Kier molecular flexibility index (Phi) is 5.72. The van der Waals surface area contributed by atoms with E-state index in [9.17, 15) is 14.4 Å². The standard InChI is InChI=1S/C27H27N5O3/c1-18-8-7-11-20-21(16-22(28-25(18)20)19-9-5-4-6-10-19)26(34)32-14-12-31(13-15-32)23-17-24(33)30(3)27(35)29(23)2/h4-11,16-17H,12-15H2,1-3H3. The maximum absolute atomic E-state index is 13.7. The molecule has 0 atom stereocenters. The molecule has 0 saturated carbocycles. The smallest absolute Gasteiger partial charge is 0.332 e. The van der Waals surface area contributed by atoms with Gasteiger partial charge in [-0.3, -0.25) is 18.7 Å². The Bertz CT molecular complexity index is 1550. The van der Waals surface area contributed by atoms with Gasteiger partial charge >= 0.3 is 5.69 Å². The van der Waals surface area contributed by atoms with Gasteiger partial charge < -0.3 is 9.80 Å². The number of aromatic nitrogens is 3. The summed E-state index contributed by atoms with van der Waals surface area (Å²) in [6.45, 7) is 4.03. The number of nitrogens with zero attached hydrogens (tertiary/aromatic N) is 5. The first kappa shape index (κ1) is 22.6. The second-order valence-corrected chi connectivity index (χ2v) is 8.91. The third kappa shape index (κ3) is 4.01. The Hall–Kier alpha value is -4.20. The molecule has 1 aliphatic rings. The molecular weight excluding hydrogens is 442 g/mol. The normalized spacial score (nSPS) is 13.9. The highest BCUT2D eigenvalue weighted by molar-refractivity contribution is 6.07. The summed E-state index contributed by atoms with van der Waals surface area (Å²) >= 11 is 0. The molecule has 2 aromatic carbocycles. The molecule has 8 nitrogen and oxygen atoms in total. The summed E-state index contributed by atoms with van der Waals surface area (Å²) in [5.74, 6) is 0.527. The first-order valence-electron chi connectivity index (χ1n) is 11.6. The lowest BCUT2D eigenvalue weighted by Crippen LogP contribution is -2.51. The summed E-state index contributed by atoms with van der Waals surface area (Å²) in [4.78, 5) is 46.9. The monoisotopic (exact) mass is 469 g/mol. The van der Waals surface area contributed by atoms with Crippen molar-refractivity contribution in [2.75, 3.05) is 31.1 Å². The van der Waals surface area contributed by atoms with E-state index in [1.165, 1.54) is 17.7 Å². The molecule has 178 valence electrons. The molecule has 0 radical (unpaired) electrons. The number of piperazine rings is 1. The second-order valence-electron chi connectivity index (χ2n) is 8.91. The van der Waals surface area contributed by atoms with Crippen LogP contribution in [0.5, 0.6) is 0 Å². The molecule has 1 saturated heterocycles. The maximum atomic E-state index is 13.7. The van der Waals surface area contributed by atoms with Crippen molar-refractivity contribution in [3.05, 3.63) is 92.6 Å². The average Bonchev–Trinajstić information content (AvgIpc) is 2.89. The highest BCUT2D eigenvalue weighted by Gasteiger charge is 2.26. The van der Waals surface area contributed by atoms with Gasteiger partial charge in [-0.1, -0.05) is 48.5 Å². The van der Waals surface area contributed by atoms with E-state index in [4.69, 9.17) is 4.98 Å². The zero-order chi connectivity index (χ0) is 24.7. The Morgan fingerprint density at radius 1 is 0.857 bits per heavy atom. The van der Waals surface area contributed by atoms with Crippen LogP contribution in [0.3, 0.4) is 0 Å². The first-order valence-corrected chi connectivity index (χ1v) is 11.6. The van der Waals surface area contributed by atoms with Gasteiger partial charge in [-0.25, -0.2) is 9.78 Å². The van der Waals surface area contributed by atoms with E-state index >= 15 is 0 Å². The zero-order valence-corrected chi connectivity index (χ0v) is 20.1. The lowest BCUT2D eigenvalue weighted by atomic mass is 10.0. The second kappa shape index (κ2) is 8.87. The Labute approximate surface area is 202 Å². The SMILES string of the molecule is Cc1cccc2c(C(=O)N3CCN(c4cc(=O)n(C)c(=O)n4C)CC3)cc(-c3ccccc3)nc12. The third-order valence-corrected chi connectivity index (χ3v) is 6.73. The van der Waals surface area contributed by atoms with Crippen LogP contribution in [0.25, 0.3) is 22.2 Å².